The summed E-state index contributed by atoms with van der Waals surface area (Å²) in [5, 5.41) is 9.80. The Morgan fingerprint density at radius 3 is 2.26 bits per heavy atom. The predicted octanol–water partition coefficient (Wildman–Crippen LogP) is 7.15. The van der Waals surface area contributed by atoms with E-state index in [0.29, 0.717) is 54.9 Å². The smallest absolute Gasteiger partial charge is 0.415 e. The molecule has 2 aliphatic heterocycles. The standard InChI is InChI=1S/C46H49N5O6/c1-29-23-32-12-7-8-13-34(32)28-51(29)45(55)40-25-35-27-50(46(56)57-42-14-10-9-11-31(42)15-20-43(53)47(3)4)22-21-33(35)24-39(40)41-26-38(30(2)48(41)5)44(54)49(6)36-16-18-37(52)19-17-36/h7-14,16-19,24-26,29,52H,15,20-23,27-28H2,1-6H3/t29-/m1/s1. The summed E-state index contributed by atoms with van der Waals surface area (Å²) in [5.41, 5.74) is 8.83. The Kier molecular flexibility index (Phi) is 10.9. The summed E-state index contributed by atoms with van der Waals surface area (Å²) >= 11 is 0. The van der Waals surface area contributed by atoms with Crippen LogP contribution in [0.2, 0.25) is 0 Å². The highest BCUT2D eigenvalue weighted by Crippen LogP contribution is 2.36. The van der Waals surface area contributed by atoms with Crippen LogP contribution in [0, 0.1) is 6.92 Å². The van der Waals surface area contributed by atoms with Gasteiger partial charge in [0.1, 0.15) is 11.5 Å². The number of rotatable bonds is 8. The van der Waals surface area contributed by atoms with Gasteiger partial charge in [0.15, 0.2) is 0 Å². The number of fused-ring (bicyclic) bond motifs is 2. The van der Waals surface area contributed by atoms with Gasteiger partial charge in [-0.2, -0.15) is 0 Å². The molecule has 1 N–H and O–H groups in total. The molecule has 0 aliphatic carbocycles. The topological polar surface area (TPSA) is 116 Å². The first-order valence-corrected chi connectivity index (χ1v) is 19.3. The molecule has 11 heteroatoms. The summed E-state index contributed by atoms with van der Waals surface area (Å²) in [6.45, 7) is 5.10. The summed E-state index contributed by atoms with van der Waals surface area (Å²) in [5.74, 6) is 0.192. The molecule has 5 aromatic rings. The molecule has 0 fully saturated rings. The summed E-state index contributed by atoms with van der Waals surface area (Å²) in [6.07, 6.45) is 1.51. The Morgan fingerprint density at radius 2 is 1.53 bits per heavy atom. The van der Waals surface area contributed by atoms with E-state index in [1.807, 2.05) is 59.8 Å². The lowest BCUT2D eigenvalue weighted by molar-refractivity contribution is -0.128. The van der Waals surface area contributed by atoms with Crippen LogP contribution >= 0.6 is 0 Å². The lowest BCUT2D eigenvalue weighted by atomic mass is 9.90. The van der Waals surface area contributed by atoms with Gasteiger partial charge in [-0.15, -0.1) is 0 Å². The number of aromatic nitrogens is 1. The van der Waals surface area contributed by atoms with Gasteiger partial charge in [0.2, 0.25) is 5.91 Å². The Hall–Kier alpha value is -6.36. The van der Waals surface area contributed by atoms with E-state index in [9.17, 15) is 24.3 Å². The minimum Gasteiger partial charge on any atom is -0.508 e. The van der Waals surface area contributed by atoms with Crippen LogP contribution in [0.1, 0.15) is 67.6 Å². The van der Waals surface area contributed by atoms with Crippen molar-refractivity contribution in [3.05, 3.63) is 136 Å². The summed E-state index contributed by atoms with van der Waals surface area (Å²) < 4.78 is 7.91. The Bertz CT molecular complexity index is 2360. The zero-order valence-electron chi connectivity index (χ0n) is 33.4. The molecule has 7 rings (SSSR count). The van der Waals surface area contributed by atoms with Crippen LogP contribution in [0.15, 0.2) is 91.0 Å². The van der Waals surface area contributed by atoms with Crippen LogP contribution < -0.4 is 9.64 Å². The van der Waals surface area contributed by atoms with Gasteiger partial charge in [0, 0.05) is 88.5 Å². The van der Waals surface area contributed by atoms with Gasteiger partial charge in [0.05, 0.1) is 5.56 Å². The van der Waals surface area contributed by atoms with E-state index < -0.39 is 6.09 Å². The Morgan fingerprint density at radius 1 is 0.825 bits per heavy atom. The average Bonchev–Trinajstić information content (AvgIpc) is 3.51. The number of carbonyl (C=O) groups excluding carboxylic acids is 4. The van der Waals surface area contributed by atoms with Gasteiger partial charge >= 0.3 is 6.09 Å². The van der Waals surface area contributed by atoms with Gasteiger partial charge in [-0.3, -0.25) is 14.4 Å². The molecular formula is C46H49N5O6. The zero-order chi connectivity index (χ0) is 40.5. The van der Waals surface area contributed by atoms with E-state index in [1.54, 1.807) is 72.2 Å². The average molecular weight is 768 g/mol. The van der Waals surface area contributed by atoms with Crippen LogP contribution in [-0.2, 0) is 44.2 Å². The third-order valence-electron chi connectivity index (χ3n) is 11.5. The number of amides is 4. The van der Waals surface area contributed by atoms with Gasteiger partial charge in [-0.05, 0) is 109 Å². The van der Waals surface area contributed by atoms with Gasteiger partial charge in [0.25, 0.3) is 11.8 Å². The van der Waals surface area contributed by atoms with E-state index in [1.165, 1.54) is 5.56 Å². The van der Waals surface area contributed by atoms with Crippen LogP contribution in [0.3, 0.4) is 0 Å². The van der Waals surface area contributed by atoms with Crippen molar-refractivity contribution < 1.29 is 29.0 Å². The van der Waals surface area contributed by atoms with Crippen molar-refractivity contribution in [3.8, 4) is 22.8 Å². The first-order chi connectivity index (χ1) is 27.3. The number of aromatic hydroxyl groups is 1. The molecule has 4 aromatic carbocycles. The van der Waals surface area contributed by atoms with Gasteiger partial charge in [-0.1, -0.05) is 42.5 Å². The SMILES string of the molecule is Cc1c(C(=O)N(C)c2ccc(O)cc2)cc(-c2cc3c(cc2C(=O)N2Cc4ccccc4C[C@H]2C)CN(C(=O)Oc2ccccc2CCC(=O)N(C)C)CC3)n1C. The molecule has 11 nitrogen and oxygen atoms in total. The number of nitrogens with zero attached hydrogens (tertiary/aromatic N) is 5. The lowest BCUT2D eigenvalue weighted by Gasteiger charge is -2.36. The predicted molar refractivity (Wildman–Crippen MR) is 220 cm³/mol. The Balaban J connectivity index is 1.22. The zero-order valence-corrected chi connectivity index (χ0v) is 33.4. The number of benzene rings is 4. The molecule has 0 saturated heterocycles. The molecule has 0 spiro atoms. The van der Waals surface area contributed by atoms with Crippen molar-refractivity contribution in [1.82, 2.24) is 19.3 Å². The number of hydrogen-bond acceptors (Lipinski definition) is 6. The van der Waals surface area contributed by atoms with Crippen molar-refractivity contribution in [2.45, 2.75) is 58.7 Å². The molecule has 0 bridgehead atoms. The van der Waals surface area contributed by atoms with Gasteiger partial charge < -0.3 is 34.0 Å². The summed E-state index contributed by atoms with van der Waals surface area (Å²) in [6, 6.07) is 27.8. The minimum absolute atomic E-state index is 0.00798. The lowest BCUT2D eigenvalue weighted by Crippen LogP contribution is -2.43. The second-order valence-electron chi connectivity index (χ2n) is 15.3. The fourth-order valence-corrected chi connectivity index (χ4v) is 7.84. The molecule has 57 heavy (non-hydrogen) atoms. The van der Waals surface area contributed by atoms with E-state index in [2.05, 4.69) is 25.1 Å². The molecule has 4 amide bonds. The number of anilines is 1. The number of ether oxygens (including phenoxy) is 1. The number of para-hydroxylation sites is 1. The van der Waals surface area contributed by atoms with Crippen molar-refractivity contribution in [2.75, 3.05) is 32.6 Å². The van der Waals surface area contributed by atoms with E-state index >= 15 is 0 Å². The van der Waals surface area contributed by atoms with Crippen LogP contribution in [0.5, 0.6) is 11.5 Å². The molecule has 1 atom stereocenters. The second-order valence-corrected chi connectivity index (χ2v) is 15.3. The van der Waals surface area contributed by atoms with Gasteiger partial charge in [-0.25, -0.2) is 4.79 Å². The maximum Gasteiger partial charge on any atom is 0.415 e. The number of phenolic OH excluding ortho intramolecular Hbond substituents is 1. The number of phenols is 1. The van der Waals surface area contributed by atoms with E-state index in [-0.39, 0.29) is 36.1 Å². The molecule has 0 saturated carbocycles. The fraction of sp³-hybridized carbons (Fsp3) is 0.304. The van der Waals surface area contributed by atoms with Crippen LogP contribution in [-0.4, -0.2) is 81.9 Å². The number of hydrogen-bond donors (Lipinski definition) is 1. The highest BCUT2D eigenvalue weighted by molar-refractivity contribution is 6.08. The molecule has 3 heterocycles. The minimum atomic E-state index is -0.496. The highest BCUT2D eigenvalue weighted by atomic mass is 16.6. The van der Waals surface area contributed by atoms with Crippen molar-refractivity contribution in [3.63, 3.8) is 0 Å². The van der Waals surface area contributed by atoms with Crippen molar-refractivity contribution in [1.29, 1.82) is 0 Å². The maximum absolute atomic E-state index is 14.9. The molecule has 0 unspecified atom stereocenters. The largest absolute Gasteiger partial charge is 0.508 e. The molecule has 294 valence electrons. The second kappa shape index (κ2) is 16.0. The van der Waals surface area contributed by atoms with Crippen LogP contribution in [0.25, 0.3) is 11.3 Å². The van der Waals surface area contributed by atoms with Crippen molar-refractivity contribution in [2.24, 2.45) is 7.05 Å². The quantitative estimate of drug-likeness (QED) is 0.180. The summed E-state index contributed by atoms with van der Waals surface area (Å²) in [4.78, 5) is 61.5. The molecule has 1 aromatic heterocycles. The third kappa shape index (κ3) is 7.87. The number of aryl methyl sites for hydroxylation is 1. The summed E-state index contributed by atoms with van der Waals surface area (Å²) in [7, 11) is 7.04. The molecular weight excluding hydrogens is 719 g/mol. The molecule has 2 aliphatic rings. The first kappa shape index (κ1) is 38.9. The normalized spacial score (nSPS) is 14.7. The Labute approximate surface area is 333 Å². The van der Waals surface area contributed by atoms with Crippen molar-refractivity contribution >= 4 is 29.5 Å². The van der Waals surface area contributed by atoms with E-state index in [4.69, 9.17) is 4.74 Å². The third-order valence-corrected chi connectivity index (χ3v) is 11.5. The number of carbonyl (C=O) groups is 4. The maximum atomic E-state index is 14.9. The van der Waals surface area contributed by atoms with E-state index in [0.717, 1.165) is 45.6 Å². The fourth-order valence-electron chi connectivity index (χ4n) is 7.84. The molecule has 0 radical (unpaired) electrons. The van der Waals surface area contributed by atoms with Crippen LogP contribution in [0.4, 0.5) is 10.5 Å². The highest BCUT2D eigenvalue weighted by Gasteiger charge is 2.33. The monoisotopic (exact) mass is 767 g/mol. The first-order valence-electron chi connectivity index (χ1n) is 19.3.